The molecule has 1 N–H and O–H groups in total. The molecule has 0 aliphatic rings. The summed E-state index contributed by atoms with van der Waals surface area (Å²) >= 11 is 0. The maximum Gasteiger partial charge on any atom is 0.311 e. The van der Waals surface area contributed by atoms with Crippen LogP contribution < -0.4 is 14.8 Å². The number of anilines is 1. The van der Waals surface area contributed by atoms with E-state index in [-0.39, 0.29) is 35.2 Å². The van der Waals surface area contributed by atoms with Crippen LogP contribution in [0.4, 0.5) is 17.1 Å². The molecule has 3 rings (SSSR count). The summed E-state index contributed by atoms with van der Waals surface area (Å²) in [4.78, 5) is 33.6. The Balaban J connectivity index is 1.70. The van der Waals surface area contributed by atoms with E-state index in [1.54, 1.807) is 13.0 Å². The van der Waals surface area contributed by atoms with Gasteiger partial charge in [-0.3, -0.25) is 25.0 Å². The number of carbonyl (C=O) groups is 1. The van der Waals surface area contributed by atoms with Gasteiger partial charge >= 0.3 is 5.69 Å². The summed E-state index contributed by atoms with van der Waals surface area (Å²) in [5.41, 5.74) is -0.549. The molecule has 0 saturated carbocycles. The van der Waals surface area contributed by atoms with Gasteiger partial charge in [0.25, 0.3) is 11.6 Å². The van der Waals surface area contributed by atoms with Crippen molar-refractivity contribution in [2.75, 3.05) is 11.9 Å². The van der Waals surface area contributed by atoms with Crippen molar-refractivity contribution < 1.29 is 24.1 Å². The Morgan fingerprint density at radius 3 is 2.52 bits per heavy atom. The highest BCUT2D eigenvalue weighted by molar-refractivity contribution is 6.04. The van der Waals surface area contributed by atoms with E-state index in [2.05, 4.69) is 10.4 Å². The van der Waals surface area contributed by atoms with E-state index in [9.17, 15) is 25.0 Å². The highest BCUT2D eigenvalue weighted by atomic mass is 16.6. The van der Waals surface area contributed by atoms with Crippen LogP contribution in [0, 0.1) is 20.2 Å². The fraction of sp³-hybridized carbons (Fsp3) is 0.158. The summed E-state index contributed by atoms with van der Waals surface area (Å²) in [5.74, 6) is -0.306. The lowest BCUT2D eigenvalue weighted by molar-refractivity contribution is -0.386. The molecule has 31 heavy (non-hydrogen) atoms. The van der Waals surface area contributed by atoms with Crippen molar-refractivity contribution in [2.24, 2.45) is 0 Å². The Labute approximate surface area is 175 Å². The summed E-state index contributed by atoms with van der Waals surface area (Å²) in [5, 5.41) is 28.8. The summed E-state index contributed by atoms with van der Waals surface area (Å²) in [6, 6.07) is 11.3. The molecule has 0 radical (unpaired) electrons. The van der Waals surface area contributed by atoms with Crippen LogP contribution in [0.25, 0.3) is 0 Å². The molecule has 12 nitrogen and oxygen atoms in total. The quantitative estimate of drug-likeness (QED) is 0.403. The molecule has 0 atom stereocenters. The summed E-state index contributed by atoms with van der Waals surface area (Å²) in [6.07, 6.45) is 1.44. The van der Waals surface area contributed by atoms with E-state index < -0.39 is 15.8 Å². The second-order valence-electron chi connectivity index (χ2n) is 6.06. The van der Waals surface area contributed by atoms with Crippen LogP contribution in [0.2, 0.25) is 0 Å². The number of hydrogen-bond acceptors (Lipinski definition) is 8. The zero-order chi connectivity index (χ0) is 22.4. The van der Waals surface area contributed by atoms with Gasteiger partial charge in [-0.1, -0.05) is 12.1 Å². The first kappa shape index (κ1) is 21.2. The van der Waals surface area contributed by atoms with Crippen LogP contribution in [0.3, 0.4) is 0 Å². The van der Waals surface area contributed by atoms with Gasteiger partial charge in [-0.15, -0.1) is 0 Å². The van der Waals surface area contributed by atoms with Crippen LogP contribution in [0.1, 0.15) is 17.4 Å². The minimum absolute atomic E-state index is 0.0100. The third-order valence-corrected chi connectivity index (χ3v) is 4.01. The number of ether oxygens (including phenoxy) is 2. The van der Waals surface area contributed by atoms with Crippen molar-refractivity contribution in [3.63, 3.8) is 0 Å². The van der Waals surface area contributed by atoms with Crippen molar-refractivity contribution in [3.8, 4) is 11.5 Å². The third-order valence-electron chi connectivity index (χ3n) is 4.01. The summed E-state index contributed by atoms with van der Waals surface area (Å²) < 4.78 is 11.9. The van der Waals surface area contributed by atoms with Gasteiger partial charge in [0.2, 0.25) is 0 Å². The Bertz CT molecular complexity index is 1130. The number of nitrogens with zero attached hydrogens (tertiary/aromatic N) is 4. The molecule has 0 aliphatic carbocycles. The first-order valence-electron chi connectivity index (χ1n) is 9.01. The predicted molar refractivity (Wildman–Crippen MR) is 108 cm³/mol. The van der Waals surface area contributed by atoms with Crippen molar-refractivity contribution in [2.45, 2.75) is 13.7 Å². The minimum atomic E-state index is -0.670. The Kier molecular flexibility index (Phi) is 6.40. The molecule has 0 spiro atoms. The number of rotatable bonds is 9. The summed E-state index contributed by atoms with van der Waals surface area (Å²) in [7, 11) is 0. The lowest BCUT2D eigenvalue weighted by atomic mass is 10.2. The molecule has 0 aliphatic heterocycles. The van der Waals surface area contributed by atoms with E-state index in [4.69, 9.17) is 9.47 Å². The molecule has 2 aromatic carbocycles. The second kappa shape index (κ2) is 9.35. The summed E-state index contributed by atoms with van der Waals surface area (Å²) in [6.45, 7) is 1.91. The fourth-order valence-electron chi connectivity index (χ4n) is 2.63. The van der Waals surface area contributed by atoms with Crippen LogP contribution in [-0.4, -0.2) is 32.1 Å². The number of carbonyl (C=O) groups excluding carboxylic acids is 1. The largest absolute Gasteiger partial charge is 0.494 e. The number of para-hydroxylation sites is 2. The van der Waals surface area contributed by atoms with Gasteiger partial charge in [-0.05, 0) is 31.2 Å². The van der Waals surface area contributed by atoms with Crippen LogP contribution >= 0.6 is 0 Å². The Hall–Kier alpha value is -4.48. The topological polar surface area (TPSA) is 152 Å². The number of hydrogen-bond donors (Lipinski definition) is 1. The van der Waals surface area contributed by atoms with Gasteiger partial charge in [-0.25, -0.2) is 4.68 Å². The normalized spacial score (nSPS) is 10.4. The van der Waals surface area contributed by atoms with Crippen molar-refractivity contribution >= 4 is 23.0 Å². The first-order valence-corrected chi connectivity index (χ1v) is 9.01. The van der Waals surface area contributed by atoms with Crippen LogP contribution in [0.5, 0.6) is 11.5 Å². The molecule has 1 amide bonds. The molecule has 0 bridgehead atoms. The monoisotopic (exact) mass is 427 g/mol. The molecule has 0 unspecified atom stereocenters. The SMILES string of the molecule is CCOc1ccc(NC(=O)c2ccn(COc3ccccc3[N+](=O)[O-])n2)c([N+](=O)[O-])c1. The van der Waals surface area contributed by atoms with E-state index in [1.165, 1.54) is 53.3 Å². The highest BCUT2D eigenvalue weighted by Crippen LogP contribution is 2.29. The lowest BCUT2D eigenvalue weighted by Crippen LogP contribution is -2.15. The van der Waals surface area contributed by atoms with Crippen molar-refractivity contribution in [3.05, 3.63) is 80.7 Å². The Morgan fingerprint density at radius 2 is 1.81 bits per heavy atom. The van der Waals surface area contributed by atoms with E-state index >= 15 is 0 Å². The average Bonchev–Trinajstić information content (AvgIpc) is 3.22. The predicted octanol–water partition coefficient (Wildman–Crippen LogP) is 3.39. The highest BCUT2D eigenvalue weighted by Gasteiger charge is 2.20. The number of nitro benzene ring substituents is 2. The standard InChI is InChI=1S/C19H17N5O7/c1-2-30-13-7-8-14(17(11-13)24(28)29)20-19(25)15-9-10-22(21-15)12-31-18-6-4-3-5-16(18)23(26)27/h3-11H,2,12H2,1H3,(H,20,25). The van der Waals surface area contributed by atoms with E-state index in [0.29, 0.717) is 12.4 Å². The maximum atomic E-state index is 12.5. The number of aromatic nitrogens is 2. The second-order valence-corrected chi connectivity index (χ2v) is 6.06. The zero-order valence-electron chi connectivity index (χ0n) is 16.3. The molecule has 160 valence electrons. The maximum absolute atomic E-state index is 12.5. The number of nitro groups is 2. The molecular formula is C19H17N5O7. The first-order chi connectivity index (χ1) is 14.9. The number of benzene rings is 2. The van der Waals surface area contributed by atoms with Crippen LogP contribution in [-0.2, 0) is 6.73 Å². The molecule has 12 heteroatoms. The molecule has 0 saturated heterocycles. The molecule has 1 heterocycles. The number of amides is 1. The fourth-order valence-corrected chi connectivity index (χ4v) is 2.63. The average molecular weight is 427 g/mol. The van der Waals surface area contributed by atoms with Gasteiger partial charge in [0.1, 0.15) is 11.4 Å². The third kappa shape index (κ3) is 5.12. The molecular weight excluding hydrogens is 410 g/mol. The Morgan fingerprint density at radius 1 is 1.06 bits per heavy atom. The van der Waals surface area contributed by atoms with E-state index in [1.807, 2.05) is 0 Å². The van der Waals surface area contributed by atoms with Crippen LogP contribution in [0.15, 0.2) is 54.7 Å². The molecule has 1 aromatic heterocycles. The van der Waals surface area contributed by atoms with Gasteiger partial charge < -0.3 is 14.8 Å². The smallest absolute Gasteiger partial charge is 0.311 e. The van der Waals surface area contributed by atoms with Gasteiger partial charge in [0, 0.05) is 12.3 Å². The van der Waals surface area contributed by atoms with Crippen molar-refractivity contribution in [1.29, 1.82) is 0 Å². The zero-order valence-corrected chi connectivity index (χ0v) is 16.3. The van der Waals surface area contributed by atoms with E-state index in [0.717, 1.165) is 0 Å². The van der Waals surface area contributed by atoms with Gasteiger partial charge in [0.05, 0.1) is 22.5 Å². The van der Waals surface area contributed by atoms with Crippen molar-refractivity contribution in [1.82, 2.24) is 9.78 Å². The lowest BCUT2D eigenvalue weighted by Gasteiger charge is -2.08. The van der Waals surface area contributed by atoms with Gasteiger partial charge in [0.15, 0.2) is 18.2 Å². The minimum Gasteiger partial charge on any atom is -0.494 e. The molecule has 0 fully saturated rings. The number of nitrogens with one attached hydrogen (secondary N) is 1. The van der Waals surface area contributed by atoms with Gasteiger partial charge in [-0.2, -0.15) is 5.10 Å². The molecule has 3 aromatic rings.